The van der Waals surface area contributed by atoms with Gasteiger partial charge in [0, 0.05) is 22.6 Å². The summed E-state index contributed by atoms with van der Waals surface area (Å²) >= 11 is 0. The first-order valence-corrected chi connectivity index (χ1v) is 12.6. The number of rotatable bonds is 10. The summed E-state index contributed by atoms with van der Waals surface area (Å²) in [4.78, 5) is 20.4. The van der Waals surface area contributed by atoms with E-state index in [-0.39, 0.29) is 6.61 Å². The number of para-hydroxylation sites is 1. The molecule has 6 nitrogen and oxygen atoms in total. The molecule has 0 bridgehead atoms. The number of amidine groups is 1. The van der Waals surface area contributed by atoms with E-state index in [0.29, 0.717) is 31.2 Å². The van der Waals surface area contributed by atoms with Crippen LogP contribution in [0.3, 0.4) is 0 Å². The molecule has 1 aliphatic heterocycles. The molecule has 2 aromatic carbocycles. The lowest BCUT2D eigenvalue weighted by atomic mass is 10.1. The molecule has 4 rings (SSSR count). The third kappa shape index (κ3) is 7.01. The summed E-state index contributed by atoms with van der Waals surface area (Å²) in [6.07, 6.45) is 15.2. The van der Waals surface area contributed by atoms with Crippen LogP contribution in [-0.4, -0.2) is 43.1 Å². The highest BCUT2D eigenvalue weighted by atomic mass is 16.5. The number of benzene rings is 2. The van der Waals surface area contributed by atoms with Gasteiger partial charge in [-0.25, -0.2) is 9.79 Å². The molecule has 1 heterocycles. The van der Waals surface area contributed by atoms with Crippen molar-refractivity contribution < 1.29 is 14.3 Å². The number of nitrogens with zero attached hydrogens (tertiary/aromatic N) is 3. The minimum atomic E-state index is -0.401. The Kier molecular flexibility index (Phi) is 9.13. The smallest absolute Gasteiger partial charge is 0.333 e. The Labute approximate surface area is 224 Å². The van der Waals surface area contributed by atoms with E-state index in [2.05, 4.69) is 102 Å². The molecule has 0 aromatic heterocycles. The van der Waals surface area contributed by atoms with Crippen molar-refractivity contribution in [1.29, 1.82) is 0 Å². The van der Waals surface area contributed by atoms with Crippen molar-refractivity contribution in [2.75, 3.05) is 31.1 Å². The number of carbonyl (C=O) groups excluding carboxylic acids is 1. The Morgan fingerprint density at radius 3 is 2.63 bits per heavy atom. The van der Waals surface area contributed by atoms with Gasteiger partial charge in [0.2, 0.25) is 0 Å². The summed E-state index contributed by atoms with van der Waals surface area (Å²) in [5.74, 6) is 0.369. The lowest BCUT2D eigenvalue weighted by molar-refractivity contribution is -0.139. The zero-order valence-corrected chi connectivity index (χ0v) is 21.8. The van der Waals surface area contributed by atoms with Gasteiger partial charge in [-0.15, -0.1) is 6.58 Å². The van der Waals surface area contributed by atoms with Crippen LogP contribution in [0.1, 0.15) is 18.9 Å². The van der Waals surface area contributed by atoms with Crippen molar-refractivity contribution in [1.82, 2.24) is 4.90 Å². The van der Waals surface area contributed by atoms with Gasteiger partial charge in [0.25, 0.3) is 6.02 Å². The van der Waals surface area contributed by atoms with Gasteiger partial charge < -0.3 is 19.3 Å². The molecule has 194 valence electrons. The second-order valence-electron chi connectivity index (χ2n) is 8.88. The topological polar surface area (TPSA) is 54.4 Å². The molecule has 0 atom stereocenters. The molecule has 2 aromatic rings. The number of anilines is 2. The fraction of sp³-hybridized carbons (Fsp3) is 0.188. The first-order valence-electron chi connectivity index (χ1n) is 12.6. The van der Waals surface area contributed by atoms with Crippen LogP contribution >= 0.6 is 0 Å². The third-order valence-electron chi connectivity index (χ3n) is 5.87. The van der Waals surface area contributed by atoms with Crippen LogP contribution in [0.2, 0.25) is 0 Å². The summed E-state index contributed by atoms with van der Waals surface area (Å²) in [7, 11) is 0. The third-order valence-corrected chi connectivity index (χ3v) is 5.87. The van der Waals surface area contributed by atoms with Crippen LogP contribution in [0.25, 0.3) is 6.08 Å². The van der Waals surface area contributed by atoms with E-state index >= 15 is 0 Å². The molecular formula is C32H33N3O3. The predicted octanol–water partition coefficient (Wildman–Crippen LogP) is 6.56. The van der Waals surface area contributed by atoms with Gasteiger partial charge in [-0.05, 0) is 55.3 Å². The van der Waals surface area contributed by atoms with E-state index in [0.717, 1.165) is 34.8 Å². The Morgan fingerprint density at radius 2 is 1.89 bits per heavy atom. The second kappa shape index (κ2) is 13.1. The lowest BCUT2D eigenvalue weighted by Gasteiger charge is -2.26. The standard InChI is InChI=1S/C32H33N3O3/c1-4-20-33-32-34(21-22-37-31(36)25(2)3)24-30(38-32)23-26-16-18-29(19-17-26)35(28-14-10-7-11-15-28)27-12-8-5-6-9-13-27/h4-8,10-19,23H,1-2,9,20-22,24H2,3H3/b30-23+,33-32?. The number of hydrogen-bond acceptors (Lipinski definition) is 5. The quantitative estimate of drug-likeness (QED) is 0.207. The molecule has 0 radical (unpaired) electrons. The zero-order chi connectivity index (χ0) is 26.7. The minimum Gasteiger partial charge on any atom is -0.460 e. The number of ether oxygens (including phenoxy) is 2. The van der Waals surface area contributed by atoms with Gasteiger partial charge in [-0.3, -0.25) is 0 Å². The molecule has 1 aliphatic carbocycles. The van der Waals surface area contributed by atoms with Gasteiger partial charge in [0.1, 0.15) is 12.4 Å². The Bertz CT molecular complexity index is 1300. The average Bonchev–Trinajstić information content (AvgIpc) is 3.11. The minimum absolute atomic E-state index is 0.222. The van der Waals surface area contributed by atoms with Crippen LogP contribution < -0.4 is 4.90 Å². The van der Waals surface area contributed by atoms with Crippen molar-refractivity contribution >= 4 is 29.4 Å². The molecule has 0 amide bonds. The fourth-order valence-electron chi connectivity index (χ4n) is 4.03. The summed E-state index contributed by atoms with van der Waals surface area (Å²) in [5.41, 5.74) is 4.68. The lowest BCUT2D eigenvalue weighted by Crippen LogP contribution is -2.30. The monoisotopic (exact) mass is 507 g/mol. The first-order chi connectivity index (χ1) is 18.5. The SMILES string of the molecule is C=CCN=C1O/C(=C/c2ccc(N(C3=CCC=CC=C3)c3ccccc3)cc2)CN1CCOC(=O)C(=C)C. The summed E-state index contributed by atoms with van der Waals surface area (Å²) in [6.45, 7) is 10.6. The highest BCUT2D eigenvalue weighted by Gasteiger charge is 2.25. The largest absolute Gasteiger partial charge is 0.460 e. The van der Waals surface area contributed by atoms with Gasteiger partial charge in [0.05, 0.1) is 19.6 Å². The number of allylic oxidation sites excluding steroid dienone is 5. The van der Waals surface area contributed by atoms with E-state index in [1.165, 1.54) is 0 Å². The highest BCUT2D eigenvalue weighted by molar-refractivity contribution is 5.87. The fourth-order valence-corrected chi connectivity index (χ4v) is 4.03. The molecule has 0 N–H and O–H groups in total. The highest BCUT2D eigenvalue weighted by Crippen LogP contribution is 2.32. The number of esters is 1. The maximum atomic E-state index is 11.7. The van der Waals surface area contributed by atoms with Crippen molar-refractivity contribution in [2.24, 2.45) is 4.99 Å². The van der Waals surface area contributed by atoms with Gasteiger partial charge in [-0.1, -0.05) is 67.3 Å². The maximum absolute atomic E-state index is 11.7. The number of hydrogen-bond donors (Lipinski definition) is 0. The van der Waals surface area contributed by atoms with E-state index in [1.807, 2.05) is 17.0 Å². The number of carbonyl (C=O) groups is 1. The van der Waals surface area contributed by atoms with Crippen LogP contribution in [-0.2, 0) is 14.3 Å². The Morgan fingerprint density at radius 1 is 1.13 bits per heavy atom. The molecule has 1 saturated heterocycles. The van der Waals surface area contributed by atoms with Crippen molar-refractivity contribution in [3.63, 3.8) is 0 Å². The summed E-state index contributed by atoms with van der Waals surface area (Å²) in [5, 5.41) is 0. The maximum Gasteiger partial charge on any atom is 0.333 e. The molecule has 0 saturated carbocycles. The van der Waals surface area contributed by atoms with E-state index in [9.17, 15) is 4.79 Å². The molecule has 6 heteroatoms. The van der Waals surface area contributed by atoms with Gasteiger partial charge >= 0.3 is 5.97 Å². The van der Waals surface area contributed by atoms with Crippen LogP contribution in [0.15, 0.2) is 126 Å². The average molecular weight is 508 g/mol. The van der Waals surface area contributed by atoms with Crippen molar-refractivity contribution in [2.45, 2.75) is 13.3 Å². The first kappa shape index (κ1) is 26.5. The van der Waals surface area contributed by atoms with E-state index < -0.39 is 5.97 Å². The number of aliphatic imine (C=N–C) groups is 1. The molecular weight excluding hydrogens is 474 g/mol. The molecule has 38 heavy (non-hydrogen) atoms. The second-order valence-corrected chi connectivity index (χ2v) is 8.88. The van der Waals surface area contributed by atoms with E-state index in [4.69, 9.17) is 9.47 Å². The summed E-state index contributed by atoms with van der Waals surface area (Å²) in [6, 6.07) is 19.2. The summed E-state index contributed by atoms with van der Waals surface area (Å²) < 4.78 is 11.3. The van der Waals surface area contributed by atoms with Gasteiger partial charge in [0.15, 0.2) is 0 Å². The van der Waals surface area contributed by atoms with Crippen LogP contribution in [0.4, 0.5) is 11.4 Å². The Balaban J connectivity index is 1.51. The van der Waals surface area contributed by atoms with E-state index in [1.54, 1.807) is 13.0 Å². The van der Waals surface area contributed by atoms with Gasteiger partial charge in [-0.2, -0.15) is 0 Å². The normalized spacial score (nSPS) is 16.7. The molecule has 0 unspecified atom stereocenters. The van der Waals surface area contributed by atoms with Crippen molar-refractivity contribution in [3.05, 3.63) is 127 Å². The van der Waals surface area contributed by atoms with Crippen LogP contribution in [0.5, 0.6) is 0 Å². The Hall–Kier alpha value is -4.58. The predicted molar refractivity (Wildman–Crippen MR) is 155 cm³/mol. The molecule has 0 spiro atoms. The van der Waals surface area contributed by atoms with Crippen LogP contribution in [0, 0.1) is 0 Å². The zero-order valence-electron chi connectivity index (χ0n) is 21.8. The van der Waals surface area contributed by atoms with Crippen molar-refractivity contribution in [3.8, 4) is 0 Å². The molecule has 1 fully saturated rings. The molecule has 2 aliphatic rings.